The number of rotatable bonds is 5. The summed E-state index contributed by atoms with van der Waals surface area (Å²) in [6.45, 7) is 0. The fourth-order valence-corrected chi connectivity index (χ4v) is 2.56. The molecule has 1 amide bonds. The van der Waals surface area contributed by atoms with Crippen molar-refractivity contribution in [3.8, 4) is 5.69 Å². The Kier molecular flexibility index (Phi) is 5.50. The van der Waals surface area contributed by atoms with E-state index in [0.717, 1.165) is 5.69 Å². The van der Waals surface area contributed by atoms with Gasteiger partial charge in [0.05, 0.1) is 31.0 Å². The van der Waals surface area contributed by atoms with Crippen molar-refractivity contribution in [2.45, 2.75) is 0 Å². The molecular weight excluding hydrogens is 362 g/mol. The van der Waals surface area contributed by atoms with E-state index in [1.807, 2.05) is 0 Å². The van der Waals surface area contributed by atoms with Crippen LogP contribution >= 0.6 is 0 Å². The number of aromatic nitrogens is 2. The number of nitrogens with one attached hydrogen (secondary N) is 1. The summed E-state index contributed by atoms with van der Waals surface area (Å²) in [7, 11) is 2.46. The third-order valence-electron chi connectivity index (χ3n) is 3.93. The maximum Gasteiger partial charge on any atom is 0.337 e. The van der Waals surface area contributed by atoms with Crippen LogP contribution in [0, 0.1) is 0 Å². The van der Waals surface area contributed by atoms with Crippen molar-refractivity contribution >= 4 is 23.5 Å². The first-order valence-corrected chi connectivity index (χ1v) is 8.25. The lowest BCUT2D eigenvalue weighted by molar-refractivity contribution is 0.0599. The highest BCUT2D eigenvalue weighted by atomic mass is 16.5. The molecule has 1 N–H and O–H groups in total. The second-order valence-electron chi connectivity index (χ2n) is 5.73. The predicted octanol–water partition coefficient (Wildman–Crippen LogP) is 2.70. The second kappa shape index (κ2) is 8.17. The molecule has 28 heavy (non-hydrogen) atoms. The summed E-state index contributed by atoms with van der Waals surface area (Å²) in [5.41, 5.74) is 1.72. The van der Waals surface area contributed by atoms with Crippen LogP contribution in [0.15, 0.2) is 60.9 Å². The lowest BCUT2D eigenvalue weighted by Crippen LogP contribution is -2.14. The molecule has 0 bridgehead atoms. The van der Waals surface area contributed by atoms with Crippen LogP contribution in [0.2, 0.25) is 0 Å². The predicted molar refractivity (Wildman–Crippen MR) is 101 cm³/mol. The molecule has 0 fully saturated rings. The van der Waals surface area contributed by atoms with Crippen LogP contribution in [0.1, 0.15) is 31.1 Å². The number of ether oxygens (including phenoxy) is 2. The van der Waals surface area contributed by atoms with E-state index in [2.05, 4.69) is 19.9 Å². The van der Waals surface area contributed by atoms with Crippen LogP contribution in [-0.2, 0) is 9.47 Å². The fraction of sp³-hybridized carbons (Fsp3) is 0.100. The van der Waals surface area contributed by atoms with E-state index in [1.165, 1.54) is 32.4 Å². The average Bonchev–Trinajstić information content (AvgIpc) is 3.27. The molecule has 0 aliphatic heterocycles. The van der Waals surface area contributed by atoms with Gasteiger partial charge in [0.25, 0.3) is 5.91 Å². The molecule has 0 spiro atoms. The highest BCUT2D eigenvalue weighted by Crippen LogP contribution is 2.18. The topological polar surface area (TPSA) is 99.5 Å². The van der Waals surface area contributed by atoms with Gasteiger partial charge < -0.3 is 14.8 Å². The quantitative estimate of drug-likeness (QED) is 0.684. The van der Waals surface area contributed by atoms with Gasteiger partial charge in [-0.25, -0.2) is 14.3 Å². The summed E-state index contributed by atoms with van der Waals surface area (Å²) in [6.07, 6.45) is 3.45. The van der Waals surface area contributed by atoms with Crippen molar-refractivity contribution in [1.29, 1.82) is 0 Å². The van der Waals surface area contributed by atoms with Crippen LogP contribution in [-0.4, -0.2) is 41.8 Å². The maximum atomic E-state index is 12.5. The van der Waals surface area contributed by atoms with Gasteiger partial charge in [-0.3, -0.25) is 4.79 Å². The Bertz CT molecular complexity index is 977. The number of nitrogens with zero attached hydrogens (tertiary/aromatic N) is 2. The van der Waals surface area contributed by atoms with E-state index in [1.54, 1.807) is 47.4 Å². The average molecular weight is 379 g/mol. The number of amides is 1. The van der Waals surface area contributed by atoms with Gasteiger partial charge in [0.2, 0.25) is 0 Å². The largest absolute Gasteiger partial charge is 0.465 e. The zero-order valence-corrected chi connectivity index (χ0v) is 15.2. The number of anilines is 1. The van der Waals surface area contributed by atoms with Gasteiger partial charge in [-0.2, -0.15) is 5.10 Å². The molecule has 3 rings (SSSR count). The second-order valence-corrected chi connectivity index (χ2v) is 5.73. The standard InChI is InChI=1S/C20H17N3O5/c1-27-19(25)14-10-15(20(26)28-2)12-16(11-14)22-18(24)13-4-6-17(7-5-13)23-9-3-8-21-23/h3-12H,1-2H3,(H,22,24). The summed E-state index contributed by atoms with van der Waals surface area (Å²) in [4.78, 5) is 36.2. The van der Waals surface area contributed by atoms with Crippen LogP contribution in [0.3, 0.4) is 0 Å². The molecule has 0 radical (unpaired) electrons. The fourth-order valence-electron chi connectivity index (χ4n) is 2.56. The smallest absolute Gasteiger partial charge is 0.337 e. The number of carbonyl (C=O) groups excluding carboxylic acids is 3. The minimum Gasteiger partial charge on any atom is -0.465 e. The van der Waals surface area contributed by atoms with Gasteiger partial charge >= 0.3 is 11.9 Å². The number of benzene rings is 2. The summed E-state index contributed by atoms with van der Waals surface area (Å²) >= 11 is 0. The molecule has 8 heteroatoms. The third-order valence-corrected chi connectivity index (χ3v) is 3.93. The summed E-state index contributed by atoms with van der Waals surface area (Å²) < 4.78 is 11.0. The van der Waals surface area contributed by atoms with Gasteiger partial charge in [-0.05, 0) is 48.5 Å². The minimum atomic E-state index is -0.634. The van der Waals surface area contributed by atoms with Crippen LogP contribution in [0.5, 0.6) is 0 Å². The third kappa shape index (κ3) is 4.07. The Hall–Kier alpha value is -3.94. The van der Waals surface area contributed by atoms with E-state index in [0.29, 0.717) is 5.56 Å². The highest BCUT2D eigenvalue weighted by molar-refractivity contribution is 6.06. The van der Waals surface area contributed by atoms with Gasteiger partial charge in [0, 0.05) is 23.6 Å². The minimum absolute atomic E-state index is 0.120. The van der Waals surface area contributed by atoms with Crippen LogP contribution in [0.4, 0.5) is 5.69 Å². The van der Waals surface area contributed by atoms with Gasteiger partial charge in [-0.15, -0.1) is 0 Å². The Balaban J connectivity index is 1.84. The number of esters is 2. The normalized spacial score (nSPS) is 10.2. The van der Waals surface area contributed by atoms with Crippen molar-refractivity contribution < 1.29 is 23.9 Å². The van der Waals surface area contributed by atoms with Gasteiger partial charge in [0.1, 0.15) is 0 Å². The first-order valence-electron chi connectivity index (χ1n) is 8.25. The monoisotopic (exact) mass is 379 g/mol. The number of methoxy groups -OCH3 is 2. The molecule has 8 nitrogen and oxygen atoms in total. The molecular formula is C20H17N3O5. The molecule has 1 aromatic heterocycles. The molecule has 3 aromatic rings. The Morgan fingerprint density at radius 2 is 1.50 bits per heavy atom. The molecule has 0 aliphatic rings. The lowest BCUT2D eigenvalue weighted by atomic mass is 10.1. The molecule has 2 aromatic carbocycles. The SMILES string of the molecule is COC(=O)c1cc(NC(=O)c2ccc(-n3cccn3)cc2)cc(C(=O)OC)c1. The maximum absolute atomic E-state index is 12.5. The number of carbonyl (C=O) groups is 3. The zero-order chi connectivity index (χ0) is 20.1. The van der Waals surface area contributed by atoms with Crippen LogP contribution < -0.4 is 5.32 Å². The van der Waals surface area contributed by atoms with Gasteiger partial charge in [0.15, 0.2) is 0 Å². The molecule has 0 saturated carbocycles. The first kappa shape index (κ1) is 18.8. The summed E-state index contributed by atoms with van der Waals surface area (Å²) in [5, 5.41) is 6.80. The van der Waals surface area contributed by atoms with Crippen molar-refractivity contribution in [3.63, 3.8) is 0 Å². The number of hydrogen-bond donors (Lipinski definition) is 1. The summed E-state index contributed by atoms with van der Waals surface area (Å²) in [5.74, 6) is -1.67. The van der Waals surface area contributed by atoms with Crippen molar-refractivity contribution in [2.75, 3.05) is 19.5 Å². The van der Waals surface area contributed by atoms with E-state index >= 15 is 0 Å². The molecule has 142 valence electrons. The summed E-state index contributed by atoms with van der Waals surface area (Å²) in [6, 6.07) is 12.8. The first-order chi connectivity index (χ1) is 13.5. The highest BCUT2D eigenvalue weighted by Gasteiger charge is 2.15. The molecule has 0 unspecified atom stereocenters. The molecule has 0 atom stereocenters. The van der Waals surface area contributed by atoms with Gasteiger partial charge in [-0.1, -0.05) is 0 Å². The van der Waals surface area contributed by atoms with Crippen molar-refractivity contribution in [2.24, 2.45) is 0 Å². The Morgan fingerprint density at radius 1 is 0.893 bits per heavy atom. The molecule has 0 saturated heterocycles. The molecule has 1 heterocycles. The Morgan fingerprint density at radius 3 is 2.00 bits per heavy atom. The van der Waals surface area contributed by atoms with Crippen molar-refractivity contribution in [1.82, 2.24) is 9.78 Å². The van der Waals surface area contributed by atoms with E-state index < -0.39 is 17.8 Å². The van der Waals surface area contributed by atoms with Crippen LogP contribution in [0.25, 0.3) is 5.69 Å². The zero-order valence-electron chi connectivity index (χ0n) is 15.2. The van der Waals surface area contributed by atoms with Crippen molar-refractivity contribution in [3.05, 3.63) is 77.6 Å². The van der Waals surface area contributed by atoms with E-state index in [4.69, 9.17) is 0 Å². The molecule has 0 aliphatic carbocycles. The lowest BCUT2D eigenvalue weighted by Gasteiger charge is -2.10. The van der Waals surface area contributed by atoms with E-state index in [-0.39, 0.29) is 16.8 Å². The Labute approximate surface area is 160 Å². The van der Waals surface area contributed by atoms with E-state index in [9.17, 15) is 14.4 Å². The number of hydrogen-bond acceptors (Lipinski definition) is 6.